The Labute approximate surface area is 325 Å². The Morgan fingerprint density at radius 1 is 1.02 bits per heavy atom. The Morgan fingerprint density at radius 3 is 2.20 bits per heavy atom. The Kier molecular flexibility index (Phi) is 14.6. The number of para-hydroxylation sites is 1. The van der Waals surface area contributed by atoms with Gasteiger partial charge in [-0.3, -0.25) is 4.72 Å². The van der Waals surface area contributed by atoms with Crippen LogP contribution in [0.5, 0.6) is 17.4 Å². The van der Waals surface area contributed by atoms with Gasteiger partial charge in [-0.05, 0) is 112 Å². The highest BCUT2D eigenvalue weighted by Gasteiger charge is 2.38. The summed E-state index contributed by atoms with van der Waals surface area (Å²) in [6.07, 6.45) is 5.35. The van der Waals surface area contributed by atoms with Gasteiger partial charge in [-0.1, -0.05) is 54.1 Å². The third kappa shape index (κ3) is 11.0. The number of nitriles is 1. The van der Waals surface area contributed by atoms with Gasteiger partial charge < -0.3 is 9.47 Å². The molecular formula is C41H48N4O6S3. The number of methoxy groups -OCH3 is 1. The second-order valence-corrected chi connectivity index (χ2v) is 17.4. The predicted molar refractivity (Wildman–Crippen MR) is 217 cm³/mol. The summed E-state index contributed by atoms with van der Waals surface area (Å²) in [4.78, 5) is 4.39. The van der Waals surface area contributed by atoms with Crippen molar-refractivity contribution >= 4 is 37.1 Å². The summed E-state index contributed by atoms with van der Waals surface area (Å²) < 4.78 is 67.0. The zero-order chi connectivity index (χ0) is 39.5. The van der Waals surface area contributed by atoms with Crippen LogP contribution in [0.15, 0.2) is 118 Å². The van der Waals surface area contributed by atoms with Crippen molar-refractivity contribution in [2.75, 3.05) is 11.8 Å². The summed E-state index contributed by atoms with van der Waals surface area (Å²) in [6.45, 7) is 13.1. The molecular weight excluding hydrogens is 741 g/mol. The Hall–Kier alpha value is -5.00. The SMILES string of the molecule is C=CC.COc1ccc(CN(C(C)C2CC2)S(=O)(=O)c2cccs2)cc1.Cc1cc(C)c(S(=O)(=O)Nc2ccc(Oc3ccccc3C#N)nc2)c(C)c1.[HH]. The number of rotatable bonds is 12. The highest BCUT2D eigenvalue weighted by molar-refractivity contribution is 7.92. The van der Waals surface area contributed by atoms with Gasteiger partial charge in [0.1, 0.15) is 21.8 Å². The van der Waals surface area contributed by atoms with E-state index in [2.05, 4.69) is 16.3 Å². The van der Waals surface area contributed by atoms with Crippen LogP contribution in [0.2, 0.25) is 0 Å². The van der Waals surface area contributed by atoms with E-state index in [-0.39, 0.29) is 18.2 Å². The van der Waals surface area contributed by atoms with Gasteiger partial charge in [0.05, 0.1) is 29.5 Å². The number of nitrogens with one attached hydrogen (secondary N) is 1. The minimum atomic E-state index is -3.75. The molecule has 5 aromatic rings. The van der Waals surface area contributed by atoms with Crippen LogP contribution in [0.25, 0.3) is 0 Å². The lowest BCUT2D eigenvalue weighted by atomic mass is 10.1. The van der Waals surface area contributed by atoms with Gasteiger partial charge in [0.2, 0.25) is 5.88 Å². The van der Waals surface area contributed by atoms with Crippen LogP contribution in [-0.4, -0.2) is 39.3 Å². The van der Waals surface area contributed by atoms with E-state index in [1.165, 1.54) is 17.5 Å². The molecule has 1 unspecified atom stereocenters. The lowest BCUT2D eigenvalue weighted by Crippen LogP contribution is -2.39. The molecule has 3 aromatic carbocycles. The van der Waals surface area contributed by atoms with Gasteiger partial charge in [-0.25, -0.2) is 21.8 Å². The summed E-state index contributed by atoms with van der Waals surface area (Å²) >= 11 is 1.27. The van der Waals surface area contributed by atoms with Crippen molar-refractivity contribution in [2.24, 2.45) is 5.92 Å². The second-order valence-electron chi connectivity index (χ2n) is 12.7. The Bertz CT molecular complexity index is 2250. The minimum absolute atomic E-state index is 0. The molecule has 0 aliphatic heterocycles. The van der Waals surface area contributed by atoms with E-state index in [0.29, 0.717) is 44.8 Å². The topological polar surface area (TPSA) is 139 Å². The number of benzene rings is 3. The highest BCUT2D eigenvalue weighted by Crippen LogP contribution is 2.38. The first kappa shape index (κ1) is 41.8. The number of aromatic nitrogens is 1. The molecule has 2 aromatic heterocycles. The highest BCUT2D eigenvalue weighted by atomic mass is 32.2. The van der Waals surface area contributed by atoms with E-state index in [0.717, 1.165) is 29.7 Å². The van der Waals surface area contributed by atoms with Gasteiger partial charge in [-0.15, -0.1) is 17.9 Å². The van der Waals surface area contributed by atoms with Gasteiger partial charge in [0.15, 0.2) is 0 Å². The summed E-state index contributed by atoms with van der Waals surface area (Å²) in [7, 11) is -5.58. The van der Waals surface area contributed by atoms with E-state index in [9.17, 15) is 16.8 Å². The molecule has 1 saturated carbocycles. The molecule has 13 heteroatoms. The third-order valence-electron chi connectivity index (χ3n) is 8.40. The fraction of sp³-hybridized carbons (Fsp3) is 0.268. The standard InChI is InChI=1S/C21H19N3O3S.C17H21NO3S2.C3H6.H2/c1-14-10-15(2)21(16(3)11-14)28(25,26)24-18-8-9-20(23-13-18)27-19-7-5-4-6-17(19)12-22;1-13(15-7-8-15)18(23(19,20)17-4-3-11-22-17)12-14-5-9-16(21-2)10-6-14;1-3-2;/h4-11,13,24H,1-3H3;3-6,9-11,13,15H,7-8,12H2,1-2H3;3H,1H2,2H3;1H. The van der Waals surface area contributed by atoms with Crippen LogP contribution in [-0.2, 0) is 26.6 Å². The molecule has 1 atom stereocenters. The van der Waals surface area contributed by atoms with Gasteiger partial charge in [-0.2, -0.15) is 9.57 Å². The molecule has 286 valence electrons. The monoisotopic (exact) mass is 788 g/mol. The summed E-state index contributed by atoms with van der Waals surface area (Å²) in [5.41, 5.74) is 4.06. The van der Waals surface area contributed by atoms with Crippen LogP contribution in [0, 0.1) is 38.0 Å². The molecule has 0 spiro atoms. The zero-order valence-electron chi connectivity index (χ0n) is 31.3. The van der Waals surface area contributed by atoms with Crippen LogP contribution in [0.4, 0.5) is 5.69 Å². The van der Waals surface area contributed by atoms with Crippen molar-refractivity contribution in [1.82, 2.24) is 9.29 Å². The van der Waals surface area contributed by atoms with E-state index in [4.69, 9.17) is 14.7 Å². The summed E-state index contributed by atoms with van der Waals surface area (Å²) in [5, 5.41) is 10.9. The first-order valence-corrected chi connectivity index (χ1v) is 21.0. The number of thiophene rings is 1. The number of ether oxygens (including phenoxy) is 2. The number of aryl methyl sites for hydroxylation is 3. The number of pyridine rings is 1. The fourth-order valence-corrected chi connectivity index (χ4v) is 10.1. The van der Waals surface area contributed by atoms with Crippen molar-refractivity contribution in [3.05, 3.63) is 137 Å². The molecule has 6 rings (SSSR count). The quantitative estimate of drug-likeness (QED) is 0.123. The Balaban J connectivity index is 0.000000275. The van der Waals surface area contributed by atoms with Crippen molar-refractivity contribution in [2.45, 2.75) is 69.2 Å². The lowest BCUT2D eigenvalue weighted by molar-refractivity contribution is 0.303. The lowest BCUT2D eigenvalue weighted by Gasteiger charge is -2.28. The minimum Gasteiger partial charge on any atom is -0.497 e. The van der Waals surface area contributed by atoms with Crippen LogP contribution in [0.3, 0.4) is 0 Å². The smallest absolute Gasteiger partial charge is 0.262 e. The average Bonchev–Trinajstić information content (AvgIpc) is 3.83. The third-order valence-corrected chi connectivity index (χ3v) is 13.4. The molecule has 10 nitrogen and oxygen atoms in total. The largest absolute Gasteiger partial charge is 0.497 e. The molecule has 0 radical (unpaired) electrons. The van der Waals surface area contributed by atoms with Crippen molar-refractivity contribution in [3.63, 3.8) is 0 Å². The molecule has 0 amide bonds. The van der Waals surface area contributed by atoms with E-state index >= 15 is 0 Å². The van der Waals surface area contributed by atoms with Crippen LogP contribution < -0.4 is 14.2 Å². The molecule has 2 heterocycles. The van der Waals surface area contributed by atoms with E-state index in [1.54, 1.807) is 85.2 Å². The molecule has 0 bridgehead atoms. The van der Waals surface area contributed by atoms with Crippen molar-refractivity contribution in [1.29, 1.82) is 5.26 Å². The van der Waals surface area contributed by atoms with Crippen LogP contribution in [0.1, 0.15) is 55.9 Å². The molecule has 54 heavy (non-hydrogen) atoms. The zero-order valence-corrected chi connectivity index (χ0v) is 33.8. The summed E-state index contributed by atoms with van der Waals surface area (Å²) in [6, 6.07) is 26.7. The molecule has 0 saturated heterocycles. The molecule has 1 aliphatic rings. The number of anilines is 1. The van der Waals surface area contributed by atoms with Crippen molar-refractivity contribution < 1.29 is 27.7 Å². The molecule has 1 N–H and O–H groups in total. The first-order chi connectivity index (χ1) is 25.7. The van der Waals surface area contributed by atoms with Gasteiger partial charge in [0, 0.05) is 20.1 Å². The molecule has 1 aliphatic carbocycles. The number of hydrogen-bond donors (Lipinski definition) is 1. The number of hydrogen-bond acceptors (Lipinski definition) is 9. The van der Waals surface area contributed by atoms with Gasteiger partial charge >= 0.3 is 0 Å². The van der Waals surface area contributed by atoms with Gasteiger partial charge in [0.25, 0.3) is 20.0 Å². The average molecular weight is 789 g/mol. The first-order valence-electron chi connectivity index (χ1n) is 17.2. The Morgan fingerprint density at radius 2 is 1.67 bits per heavy atom. The fourth-order valence-electron chi connectivity index (χ4n) is 5.76. The predicted octanol–water partition coefficient (Wildman–Crippen LogP) is 9.66. The normalized spacial score (nSPS) is 12.9. The van der Waals surface area contributed by atoms with Crippen LogP contribution >= 0.6 is 11.3 Å². The maximum Gasteiger partial charge on any atom is 0.262 e. The number of allylic oxidation sites excluding steroid dienone is 1. The summed E-state index contributed by atoms with van der Waals surface area (Å²) in [5.74, 6) is 1.89. The maximum absolute atomic E-state index is 13.0. The van der Waals surface area contributed by atoms with Crippen molar-refractivity contribution in [3.8, 4) is 23.4 Å². The second kappa shape index (κ2) is 18.9. The number of sulfonamides is 2. The van der Waals surface area contributed by atoms with E-state index < -0.39 is 20.0 Å². The maximum atomic E-state index is 13.0. The molecule has 1 fully saturated rings. The van der Waals surface area contributed by atoms with E-state index in [1.807, 2.05) is 63.2 Å². The number of nitrogens with zero attached hydrogens (tertiary/aromatic N) is 3.